The molecule has 1 heterocycles. The molecule has 0 radical (unpaired) electrons. The quantitative estimate of drug-likeness (QED) is 0.698. The van der Waals surface area contributed by atoms with Crippen LogP contribution in [0.3, 0.4) is 0 Å². The van der Waals surface area contributed by atoms with Crippen molar-refractivity contribution in [3.05, 3.63) is 35.6 Å². The second-order valence-electron chi connectivity index (χ2n) is 3.56. The third-order valence-electron chi connectivity index (χ3n) is 2.48. The number of hydrogen-bond donors (Lipinski definition) is 0. The summed E-state index contributed by atoms with van der Waals surface area (Å²) >= 11 is 0. The summed E-state index contributed by atoms with van der Waals surface area (Å²) in [6, 6.07) is 5.83. The molecule has 1 aliphatic heterocycles. The van der Waals surface area contributed by atoms with E-state index in [0.717, 1.165) is 0 Å². The minimum Gasteiger partial charge on any atom is -0.362 e. The lowest BCUT2D eigenvalue weighted by molar-refractivity contribution is -0.151. The standard InChI is InChI=1S/C11H12FNO2/c1-13-6-7-15-10(11(13)14)8-2-4-9(12)5-3-8/h2-5,10H,6-7H2,1H3. The number of hydrogen-bond acceptors (Lipinski definition) is 2. The number of ether oxygens (including phenoxy) is 1. The van der Waals surface area contributed by atoms with E-state index in [9.17, 15) is 9.18 Å². The molecular weight excluding hydrogens is 197 g/mol. The van der Waals surface area contributed by atoms with Crippen LogP contribution in [0.1, 0.15) is 11.7 Å². The van der Waals surface area contributed by atoms with Crippen LogP contribution in [0, 0.1) is 5.82 Å². The number of amides is 1. The van der Waals surface area contributed by atoms with Crippen molar-refractivity contribution in [3.8, 4) is 0 Å². The Hall–Kier alpha value is -1.42. The Morgan fingerprint density at radius 2 is 2.07 bits per heavy atom. The van der Waals surface area contributed by atoms with Gasteiger partial charge in [0.25, 0.3) is 5.91 Å². The van der Waals surface area contributed by atoms with Gasteiger partial charge in [-0.25, -0.2) is 4.39 Å². The molecule has 0 aromatic heterocycles. The predicted molar refractivity (Wildman–Crippen MR) is 52.7 cm³/mol. The molecule has 4 heteroatoms. The minimum atomic E-state index is -0.579. The fourth-order valence-electron chi connectivity index (χ4n) is 1.57. The van der Waals surface area contributed by atoms with Crippen molar-refractivity contribution in [2.75, 3.05) is 20.2 Å². The van der Waals surface area contributed by atoms with Crippen molar-refractivity contribution in [1.82, 2.24) is 4.90 Å². The third kappa shape index (κ3) is 1.99. The van der Waals surface area contributed by atoms with Gasteiger partial charge in [-0.2, -0.15) is 0 Å². The fourth-order valence-corrected chi connectivity index (χ4v) is 1.57. The van der Waals surface area contributed by atoms with Gasteiger partial charge in [0.15, 0.2) is 6.10 Å². The van der Waals surface area contributed by atoms with E-state index in [-0.39, 0.29) is 11.7 Å². The summed E-state index contributed by atoms with van der Waals surface area (Å²) in [4.78, 5) is 13.3. The first-order valence-corrected chi connectivity index (χ1v) is 4.80. The highest BCUT2D eigenvalue weighted by Crippen LogP contribution is 2.22. The molecule has 0 bridgehead atoms. The van der Waals surface area contributed by atoms with E-state index >= 15 is 0 Å². The Morgan fingerprint density at radius 3 is 2.73 bits per heavy atom. The van der Waals surface area contributed by atoms with Crippen molar-refractivity contribution >= 4 is 5.91 Å². The Morgan fingerprint density at radius 1 is 1.40 bits per heavy atom. The summed E-state index contributed by atoms with van der Waals surface area (Å²) in [6.45, 7) is 1.13. The molecule has 0 aliphatic carbocycles. The van der Waals surface area contributed by atoms with Crippen LogP contribution in [0.15, 0.2) is 24.3 Å². The summed E-state index contributed by atoms with van der Waals surface area (Å²) in [6.07, 6.45) is -0.579. The number of morpholine rings is 1. The molecule has 1 atom stereocenters. The van der Waals surface area contributed by atoms with Crippen LogP contribution in [-0.2, 0) is 9.53 Å². The van der Waals surface area contributed by atoms with Crippen LogP contribution in [0.2, 0.25) is 0 Å². The smallest absolute Gasteiger partial charge is 0.256 e. The van der Waals surface area contributed by atoms with Crippen molar-refractivity contribution in [3.63, 3.8) is 0 Å². The van der Waals surface area contributed by atoms with E-state index < -0.39 is 6.10 Å². The lowest BCUT2D eigenvalue weighted by Gasteiger charge is -2.29. The monoisotopic (exact) mass is 209 g/mol. The van der Waals surface area contributed by atoms with Crippen LogP contribution in [0.25, 0.3) is 0 Å². The maximum atomic E-state index is 12.7. The average Bonchev–Trinajstić information content (AvgIpc) is 2.24. The molecule has 15 heavy (non-hydrogen) atoms. The van der Waals surface area contributed by atoms with Gasteiger partial charge in [0.1, 0.15) is 5.82 Å². The van der Waals surface area contributed by atoms with Gasteiger partial charge in [0.05, 0.1) is 6.61 Å². The third-order valence-corrected chi connectivity index (χ3v) is 2.48. The highest BCUT2D eigenvalue weighted by Gasteiger charge is 2.28. The first-order valence-electron chi connectivity index (χ1n) is 4.80. The largest absolute Gasteiger partial charge is 0.362 e. The van der Waals surface area contributed by atoms with Gasteiger partial charge in [-0.05, 0) is 17.7 Å². The summed E-state index contributed by atoms with van der Waals surface area (Å²) in [5, 5.41) is 0. The highest BCUT2D eigenvalue weighted by atomic mass is 19.1. The Kier molecular flexibility index (Phi) is 2.68. The number of halogens is 1. The molecule has 80 valence electrons. The van der Waals surface area contributed by atoms with Gasteiger partial charge in [-0.1, -0.05) is 12.1 Å². The second-order valence-corrected chi connectivity index (χ2v) is 3.56. The number of benzene rings is 1. The number of nitrogens with zero attached hydrogens (tertiary/aromatic N) is 1. The van der Waals surface area contributed by atoms with Crippen LogP contribution in [0.4, 0.5) is 4.39 Å². The zero-order valence-corrected chi connectivity index (χ0v) is 8.44. The van der Waals surface area contributed by atoms with Crippen LogP contribution in [0.5, 0.6) is 0 Å². The van der Waals surface area contributed by atoms with E-state index in [1.165, 1.54) is 12.1 Å². The van der Waals surface area contributed by atoms with E-state index in [4.69, 9.17) is 4.74 Å². The van der Waals surface area contributed by atoms with Crippen molar-refractivity contribution in [2.45, 2.75) is 6.10 Å². The molecule has 0 saturated carbocycles. The average molecular weight is 209 g/mol. The lowest BCUT2D eigenvalue weighted by atomic mass is 10.1. The molecule has 1 saturated heterocycles. The van der Waals surface area contributed by atoms with E-state index in [2.05, 4.69) is 0 Å². The van der Waals surface area contributed by atoms with Gasteiger partial charge >= 0.3 is 0 Å². The molecular formula is C11H12FNO2. The van der Waals surface area contributed by atoms with Gasteiger partial charge in [-0.15, -0.1) is 0 Å². The molecule has 0 N–H and O–H groups in total. The van der Waals surface area contributed by atoms with Crippen molar-refractivity contribution < 1.29 is 13.9 Å². The maximum Gasteiger partial charge on any atom is 0.256 e. The zero-order valence-electron chi connectivity index (χ0n) is 8.44. The number of carbonyl (C=O) groups excluding carboxylic acids is 1. The number of carbonyl (C=O) groups is 1. The lowest BCUT2D eigenvalue weighted by Crippen LogP contribution is -2.40. The SMILES string of the molecule is CN1CCOC(c2ccc(F)cc2)C1=O. The maximum absolute atomic E-state index is 12.7. The van der Waals surface area contributed by atoms with Crippen LogP contribution < -0.4 is 0 Å². The van der Waals surface area contributed by atoms with Gasteiger partial charge in [-0.3, -0.25) is 4.79 Å². The molecule has 1 aromatic carbocycles. The first-order chi connectivity index (χ1) is 7.18. The van der Waals surface area contributed by atoms with E-state index in [1.807, 2.05) is 0 Å². The highest BCUT2D eigenvalue weighted by molar-refractivity contribution is 5.82. The number of likely N-dealkylation sites (N-methyl/N-ethyl adjacent to an activating group) is 1. The molecule has 0 spiro atoms. The number of rotatable bonds is 1. The Balaban J connectivity index is 2.22. The van der Waals surface area contributed by atoms with Gasteiger partial charge in [0.2, 0.25) is 0 Å². The molecule has 1 fully saturated rings. The van der Waals surface area contributed by atoms with Crippen molar-refractivity contribution in [1.29, 1.82) is 0 Å². The molecule has 1 unspecified atom stereocenters. The van der Waals surface area contributed by atoms with Crippen LogP contribution >= 0.6 is 0 Å². The second kappa shape index (κ2) is 3.98. The summed E-state index contributed by atoms with van der Waals surface area (Å²) in [5.74, 6) is -0.386. The van der Waals surface area contributed by atoms with Crippen molar-refractivity contribution in [2.24, 2.45) is 0 Å². The fraction of sp³-hybridized carbons (Fsp3) is 0.364. The normalized spacial score (nSPS) is 21.9. The Bertz CT molecular complexity index is 363. The molecule has 1 aromatic rings. The molecule has 2 rings (SSSR count). The molecule has 1 aliphatic rings. The minimum absolute atomic E-state index is 0.0761. The summed E-state index contributed by atoms with van der Waals surface area (Å²) < 4.78 is 18.1. The molecule has 1 amide bonds. The van der Waals surface area contributed by atoms with E-state index in [1.54, 1.807) is 24.1 Å². The van der Waals surface area contributed by atoms with Gasteiger partial charge in [0, 0.05) is 13.6 Å². The zero-order chi connectivity index (χ0) is 10.8. The Labute approximate surface area is 87.5 Å². The summed E-state index contributed by atoms with van der Waals surface area (Å²) in [5.41, 5.74) is 0.702. The summed E-state index contributed by atoms with van der Waals surface area (Å²) in [7, 11) is 1.74. The topological polar surface area (TPSA) is 29.5 Å². The van der Waals surface area contributed by atoms with Gasteiger partial charge < -0.3 is 9.64 Å². The predicted octanol–water partition coefficient (Wildman–Crippen LogP) is 1.36. The van der Waals surface area contributed by atoms with Crippen LogP contribution in [-0.4, -0.2) is 31.0 Å². The van der Waals surface area contributed by atoms with E-state index in [0.29, 0.717) is 18.7 Å². The molecule has 3 nitrogen and oxygen atoms in total. The first kappa shape index (κ1) is 10.1.